The molecule has 0 bridgehead atoms. The van der Waals surface area contributed by atoms with Crippen LogP contribution in [-0.2, 0) is 0 Å². The molecule has 0 amide bonds. The Balaban J connectivity index is 0.00000162. The Labute approximate surface area is 143 Å². The number of anilines is 1. The largest absolute Gasteiger partial charge is 1.00 e. The van der Waals surface area contributed by atoms with Crippen molar-refractivity contribution in [2.45, 2.75) is 30.4 Å². The van der Waals surface area contributed by atoms with Crippen molar-refractivity contribution in [1.82, 2.24) is 0 Å². The second-order valence-electron chi connectivity index (χ2n) is 4.41. The van der Waals surface area contributed by atoms with Crippen molar-refractivity contribution in [3.63, 3.8) is 0 Å². The Morgan fingerprint density at radius 1 is 1.00 bits per heavy atom. The summed E-state index contributed by atoms with van der Waals surface area (Å²) in [5, 5.41) is 0. The molecule has 1 aliphatic rings. The molecule has 0 unspecified atom stereocenters. The topological polar surface area (TPSA) is 3.24 Å². The zero-order chi connectivity index (χ0) is 11.9. The van der Waals surface area contributed by atoms with Crippen molar-refractivity contribution in [3.05, 3.63) is 30.3 Å². The fraction of sp³-hybridized carbons (Fsp3) is 0.571. The van der Waals surface area contributed by atoms with E-state index in [1.165, 1.54) is 42.9 Å². The maximum Gasteiger partial charge on any atom is 1.00 e. The zero-order valence-corrected chi connectivity index (χ0v) is 15.1. The van der Waals surface area contributed by atoms with Gasteiger partial charge in [0.1, 0.15) is 4.71 Å². The summed E-state index contributed by atoms with van der Waals surface area (Å²) in [6.07, 6.45) is 5.58. The van der Waals surface area contributed by atoms with E-state index in [-0.39, 0.29) is 31.0 Å². The van der Waals surface area contributed by atoms with E-state index in [2.05, 4.69) is 65.8 Å². The van der Waals surface area contributed by atoms with E-state index < -0.39 is 0 Å². The van der Waals surface area contributed by atoms with Crippen LogP contribution in [0.1, 0.15) is 27.1 Å². The summed E-state index contributed by atoms with van der Waals surface area (Å²) in [5.74, 6) is 2.60. The van der Waals surface area contributed by atoms with E-state index in [9.17, 15) is 0 Å². The molecule has 0 saturated carbocycles. The summed E-state index contributed by atoms with van der Waals surface area (Å²) in [4.78, 5) is 2.42. The van der Waals surface area contributed by atoms with Gasteiger partial charge in [0.05, 0.1) is 0 Å². The third-order valence-corrected chi connectivity index (χ3v) is 6.11. The third-order valence-electron chi connectivity index (χ3n) is 3.04. The van der Waals surface area contributed by atoms with Gasteiger partial charge in [0.15, 0.2) is 0 Å². The molecule has 0 atom stereocenters. The smallest absolute Gasteiger partial charge is 1.00 e. The minimum absolute atomic E-state index is 0. The molecule has 0 aromatic heterocycles. The van der Waals surface area contributed by atoms with E-state index in [0.29, 0.717) is 4.71 Å². The second kappa shape index (κ2) is 9.60. The summed E-state index contributed by atoms with van der Waals surface area (Å²) in [6.45, 7) is 0. The van der Waals surface area contributed by atoms with E-state index in [4.69, 9.17) is 0 Å². The Hall–Kier alpha value is 0.720. The van der Waals surface area contributed by atoms with E-state index in [1.54, 1.807) is 0 Å². The molecule has 1 nitrogen and oxygen atoms in total. The van der Waals surface area contributed by atoms with Crippen LogP contribution in [0.5, 0.6) is 0 Å². The van der Waals surface area contributed by atoms with Crippen LogP contribution in [0, 0.1) is 0 Å². The third kappa shape index (κ3) is 5.38. The summed E-state index contributed by atoms with van der Waals surface area (Å²) < 4.78 is 0.579. The molecule has 1 heterocycles. The minimum atomic E-state index is 0. The van der Waals surface area contributed by atoms with Crippen molar-refractivity contribution >= 4 is 29.2 Å². The molecular formula is C14H22NNaS2. The molecule has 96 valence electrons. The van der Waals surface area contributed by atoms with Crippen molar-refractivity contribution in [2.24, 2.45) is 0 Å². The molecule has 0 aliphatic carbocycles. The van der Waals surface area contributed by atoms with Crippen molar-refractivity contribution in [1.29, 1.82) is 0 Å². The SMILES string of the molecule is CN(c1ccccc1)C1SCCCCCCS1.[H-].[Na+]. The predicted octanol–water partition coefficient (Wildman–Crippen LogP) is 1.56. The number of hydrogen-bond donors (Lipinski definition) is 0. The molecule has 0 N–H and O–H groups in total. The number of nitrogens with zero attached hydrogens (tertiary/aromatic N) is 1. The fourth-order valence-electron chi connectivity index (χ4n) is 1.98. The molecule has 1 fully saturated rings. The van der Waals surface area contributed by atoms with Crippen LogP contribution in [-0.4, -0.2) is 23.3 Å². The normalized spacial score (nSPS) is 18.1. The van der Waals surface area contributed by atoms with Crippen LogP contribution in [0.2, 0.25) is 0 Å². The summed E-state index contributed by atoms with van der Waals surface area (Å²) >= 11 is 4.21. The van der Waals surface area contributed by atoms with Crippen molar-refractivity contribution in [2.75, 3.05) is 23.5 Å². The molecule has 1 aromatic rings. The van der Waals surface area contributed by atoms with Gasteiger partial charge in [0.25, 0.3) is 0 Å². The van der Waals surface area contributed by atoms with Gasteiger partial charge < -0.3 is 6.33 Å². The van der Waals surface area contributed by atoms with Gasteiger partial charge in [-0.1, -0.05) is 31.0 Å². The quantitative estimate of drug-likeness (QED) is 0.762. The van der Waals surface area contributed by atoms with Crippen LogP contribution < -0.4 is 34.5 Å². The van der Waals surface area contributed by atoms with Crippen LogP contribution >= 0.6 is 23.5 Å². The maximum absolute atomic E-state index is 2.42. The van der Waals surface area contributed by atoms with Gasteiger partial charge in [-0.25, -0.2) is 0 Å². The Kier molecular flexibility index (Phi) is 8.94. The van der Waals surface area contributed by atoms with Gasteiger partial charge in [0, 0.05) is 12.7 Å². The number of benzene rings is 1. The molecule has 1 aromatic carbocycles. The minimum Gasteiger partial charge on any atom is -1.00 e. The van der Waals surface area contributed by atoms with Crippen LogP contribution in [0.25, 0.3) is 0 Å². The predicted molar refractivity (Wildman–Crippen MR) is 83.1 cm³/mol. The summed E-state index contributed by atoms with van der Waals surface area (Å²) in [6, 6.07) is 10.7. The van der Waals surface area contributed by atoms with Gasteiger partial charge in [-0.15, -0.1) is 23.5 Å². The molecule has 1 aliphatic heterocycles. The van der Waals surface area contributed by atoms with Crippen LogP contribution in [0.3, 0.4) is 0 Å². The van der Waals surface area contributed by atoms with Gasteiger partial charge in [-0.3, -0.25) is 0 Å². The fourth-order valence-corrected chi connectivity index (χ4v) is 4.78. The van der Waals surface area contributed by atoms with E-state index in [1.807, 2.05) is 0 Å². The summed E-state index contributed by atoms with van der Waals surface area (Å²) in [5.41, 5.74) is 1.33. The first-order valence-electron chi connectivity index (χ1n) is 6.39. The van der Waals surface area contributed by atoms with Crippen LogP contribution in [0.4, 0.5) is 5.69 Å². The summed E-state index contributed by atoms with van der Waals surface area (Å²) in [7, 11) is 2.22. The Bertz CT molecular complexity index is 316. The molecule has 18 heavy (non-hydrogen) atoms. The number of para-hydroxylation sites is 1. The van der Waals surface area contributed by atoms with Gasteiger partial charge >= 0.3 is 29.6 Å². The molecule has 0 spiro atoms. The van der Waals surface area contributed by atoms with Crippen LogP contribution in [0.15, 0.2) is 30.3 Å². The second-order valence-corrected chi connectivity index (χ2v) is 7.08. The van der Waals surface area contributed by atoms with E-state index in [0.717, 1.165) is 0 Å². The van der Waals surface area contributed by atoms with Crippen molar-refractivity contribution in [3.8, 4) is 0 Å². The number of rotatable bonds is 2. The Morgan fingerprint density at radius 3 is 2.11 bits per heavy atom. The Morgan fingerprint density at radius 2 is 1.56 bits per heavy atom. The van der Waals surface area contributed by atoms with E-state index >= 15 is 0 Å². The number of thioether (sulfide) groups is 2. The van der Waals surface area contributed by atoms with Crippen molar-refractivity contribution < 1.29 is 31.0 Å². The van der Waals surface area contributed by atoms with Gasteiger partial charge in [-0.2, -0.15) is 0 Å². The van der Waals surface area contributed by atoms with Gasteiger partial charge in [0.2, 0.25) is 0 Å². The molecular weight excluding hydrogens is 269 g/mol. The average molecular weight is 291 g/mol. The zero-order valence-electron chi connectivity index (χ0n) is 12.5. The first kappa shape index (κ1) is 16.8. The number of hydrogen-bond acceptors (Lipinski definition) is 3. The molecule has 1 saturated heterocycles. The monoisotopic (exact) mass is 291 g/mol. The average Bonchev–Trinajstić information content (AvgIpc) is 2.52. The molecule has 4 heteroatoms. The first-order chi connectivity index (χ1) is 8.38. The maximum atomic E-state index is 2.42. The standard InChI is InChI=1S/C14H21NS2.Na.H/c1-15(13-9-5-4-6-10-13)14-16-11-7-2-3-8-12-17-14;;/h4-6,9-10,14H,2-3,7-8,11-12H2,1H3;;/q;+1;-1. The first-order valence-corrected chi connectivity index (χ1v) is 8.49. The molecule has 0 radical (unpaired) electrons. The molecule has 2 rings (SSSR count). The van der Waals surface area contributed by atoms with Gasteiger partial charge in [-0.05, 0) is 36.5 Å².